The summed E-state index contributed by atoms with van der Waals surface area (Å²) < 4.78 is 46.2. The number of carbonyl (C=O) groups excluding carboxylic acids is 2. The highest BCUT2D eigenvalue weighted by Crippen LogP contribution is 2.44. The van der Waals surface area contributed by atoms with Crippen LogP contribution in [0.5, 0.6) is 0 Å². The van der Waals surface area contributed by atoms with Gasteiger partial charge in [0.15, 0.2) is 0 Å². The van der Waals surface area contributed by atoms with E-state index in [1.54, 1.807) is 60.7 Å². The molecule has 0 bridgehead atoms. The number of halogens is 2. The Morgan fingerprint density at radius 1 is 0.822 bits per heavy atom. The Morgan fingerprint density at radius 2 is 1.40 bits per heavy atom. The molecule has 4 aromatic carbocycles. The molecule has 0 aromatic heterocycles. The molecule has 234 valence electrons. The summed E-state index contributed by atoms with van der Waals surface area (Å²) in [5.74, 6) is -2.99. The highest BCUT2D eigenvalue weighted by molar-refractivity contribution is 7.89. The third kappa shape index (κ3) is 7.93. The van der Waals surface area contributed by atoms with E-state index < -0.39 is 39.2 Å². The lowest BCUT2D eigenvalue weighted by Gasteiger charge is -2.38. The van der Waals surface area contributed by atoms with Crippen molar-refractivity contribution in [1.29, 1.82) is 0 Å². The van der Waals surface area contributed by atoms with Gasteiger partial charge in [0, 0.05) is 16.0 Å². The maximum absolute atomic E-state index is 14.1. The van der Waals surface area contributed by atoms with Crippen LogP contribution in [-0.2, 0) is 46.0 Å². The molecule has 4 aromatic rings. The predicted octanol–water partition coefficient (Wildman–Crippen LogP) is 6.71. The molecule has 45 heavy (non-hydrogen) atoms. The van der Waals surface area contributed by atoms with Gasteiger partial charge >= 0.3 is 11.9 Å². The number of hydrogen-bond acceptors (Lipinski definition) is 7. The summed E-state index contributed by atoms with van der Waals surface area (Å²) in [6.45, 7) is 1.76. The quantitative estimate of drug-likeness (QED) is 0.132. The molecule has 1 N–H and O–H groups in total. The zero-order chi connectivity index (χ0) is 32.6. The van der Waals surface area contributed by atoms with Crippen LogP contribution in [0.1, 0.15) is 28.2 Å². The number of esters is 2. The molecular weight excluding hydrogens is 637 g/mol. The number of rotatable bonds is 12. The van der Waals surface area contributed by atoms with Crippen molar-refractivity contribution in [1.82, 2.24) is 4.72 Å². The number of carbonyl (C=O) groups is 2. The summed E-state index contributed by atoms with van der Waals surface area (Å²) in [6, 6.07) is 28.1. The first-order valence-corrected chi connectivity index (χ1v) is 15.9. The van der Waals surface area contributed by atoms with Gasteiger partial charge in [-0.1, -0.05) is 95.5 Å². The summed E-state index contributed by atoms with van der Waals surface area (Å²) >= 11 is 12.4. The van der Waals surface area contributed by atoms with Crippen molar-refractivity contribution in [3.05, 3.63) is 147 Å². The van der Waals surface area contributed by atoms with Crippen LogP contribution in [0.3, 0.4) is 0 Å². The normalized spacial score (nSPS) is 13.8. The topological polar surface area (TPSA) is 108 Å². The van der Waals surface area contributed by atoms with E-state index in [9.17, 15) is 18.0 Å². The van der Waals surface area contributed by atoms with Gasteiger partial charge in [-0.3, -0.25) is 4.72 Å². The van der Waals surface area contributed by atoms with E-state index >= 15 is 0 Å². The summed E-state index contributed by atoms with van der Waals surface area (Å²) in [6.07, 6.45) is 1.29. The summed E-state index contributed by atoms with van der Waals surface area (Å²) in [5, 5.41) is 0.815. The molecule has 0 amide bonds. The number of benzene rings is 4. The van der Waals surface area contributed by atoms with Gasteiger partial charge in [-0.05, 0) is 66.1 Å². The monoisotopic (exact) mass is 667 g/mol. The van der Waals surface area contributed by atoms with Gasteiger partial charge in [-0.25, -0.2) is 18.0 Å². The molecule has 0 aliphatic carbocycles. The fourth-order valence-electron chi connectivity index (χ4n) is 4.74. The van der Waals surface area contributed by atoms with Crippen molar-refractivity contribution in [3.8, 4) is 0 Å². The van der Waals surface area contributed by atoms with Gasteiger partial charge in [0.05, 0.1) is 25.7 Å². The molecule has 0 saturated carbocycles. The Hall–Kier alpha value is -4.15. The van der Waals surface area contributed by atoms with Gasteiger partial charge in [-0.15, -0.1) is 0 Å². The molecule has 11 heteroatoms. The lowest BCUT2D eigenvalue weighted by atomic mass is 9.76. The maximum atomic E-state index is 14.1. The number of hydrogen-bond donors (Lipinski definition) is 1. The Morgan fingerprint density at radius 3 is 1.96 bits per heavy atom. The minimum Gasteiger partial charge on any atom is -0.467 e. The molecule has 2 atom stereocenters. The van der Waals surface area contributed by atoms with E-state index in [1.165, 1.54) is 25.3 Å². The van der Waals surface area contributed by atoms with Crippen molar-refractivity contribution in [2.75, 3.05) is 14.2 Å². The van der Waals surface area contributed by atoms with Gasteiger partial charge < -0.3 is 14.2 Å². The zero-order valence-electron chi connectivity index (χ0n) is 24.7. The molecule has 0 aliphatic rings. The summed E-state index contributed by atoms with van der Waals surface area (Å²) in [7, 11) is -1.95. The second-order valence-electron chi connectivity index (χ2n) is 10.0. The predicted molar refractivity (Wildman–Crippen MR) is 172 cm³/mol. The van der Waals surface area contributed by atoms with Crippen molar-refractivity contribution >= 4 is 45.2 Å². The molecule has 0 saturated heterocycles. The SMILES string of the molecule is COC(=O)/C(=C/C(c1ccc(Cl)cc1)C(OCc1ccccc1)(C(=O)OC)c1ccc(Cl)cc1)NS(=O)(=O)c1ccc(C)cc1. The zero-order valence-corrected chi connectivity index (χ0v) is 27.0. The first-order valence-electron chi connectivity index (χ1n) is 13.7. The molecule has 4 rings (SSSR count). The van der Waals surface area contributed by atoms with Crippen LogP contribution in [-0.4, -0.2) is 34.6 Å². The van der Waals surface area contributed by atoms with Crippen molar-refractivity contribution in [2.45, 2.75) is 29.9 Å². The van der Waals surface area contributed by atoms with Gasteiger partial charge in [0.1, 0.15) is 5.70 Å². The average molecular weight is 669 g/mol. The molecule has 0 radical (unpaired) electrons. The van der Waals surface area contributed by atoms with Crippen LogP contribution >= 0.6 is 23.2 Å². The second-order valence-corrected chi connectivity index (χ2v) is 12.6. The van der Waals surface area contributed by atoms with Crippen LogP contribution in [0.25, 0.3) is 0 Å². The highest BCUT2D eigenvalue weighted by Gasteiger charge is 2.50. The van der Waals surface area contributed by atoms with Crippen LogP contribution < -0.4 is 4.72 Å². The van der Waals surface area contributed by atoms with Gasteiger partial charge in [0.25, 0.3) is 10.0 Å². The minimum absolute atomic E-state index is 0.0564. The number of methoxy groups -OCH3 is 2. The third-order valence-electron chi connectivity index (χ3n) is 7.05. The third-order valence-corrected chi connectivity index (χ3v) is 8.94. The van der Waals surface area contributed by atoms with Crippen molar-refractivity contribution < 1.29 is 32.2 Å². The van der Waals surface area contributed by atoms with E-state index in [-0.39, 0.29) is 11.5 Å². The minimum atomic E-state index is -4.28. The van der Waals surface area contributed by atoms with Gasteiger partial charge in [-0.2, -0.15) is 0 Å². The number of ether oxygens (including phenoxy) is 3. The Bertz CT molecular complexity index is 1760. The smallest absolute Gasteiger partial charge is 0.354 e. The largest absolute Gasteiger partial charge is 0.467 e. The molecule has 0 aliphatic heterocycles. The number of nitrogens with one attached hydrogen (secondary N) is 1. The molecule has 2 unspecified atom stereocenters. The molecule has 8 nitrogen and oxygen atoms in total. The molecule has 0 spiro atoms. The van der Waals surface area contributed by atoms with Crippen LogP contribution in [0.4, 0.5) is 0 Å². The molecular formula is C34H31Cl2NO7S. The highest BCUT2D eigenvalue weighted by atomic mass is 35.5. The van der Waals surface area contributed by atoms with Crippen LogP contribution in [0.15, 0.2) is 120 Å². The van der Waals surface area contributed by atoms with E-state index in [0.717, 1.165) is 18.2 Å². The Balaban J connectivity index is 2.00. The van der Waals surface area contributed by atoms with Crippen molar-refractivity contribution in [2.24, 2.45) is 0 Å². The van der Waals surface area contributed by atoms with Crippen molar-refractivity contribution in [3.63, 3.8) is 0 Å². The van der Waals surface area contributed by atoms with E-state index in [4.69, 9.17) is 37.4 Å². The number of sulfonamides is 1. The van der Waals surface area contributed by atoms with Crippen LogP contribution in [0, 0.1) is 6.92 Å². The van der Waals surface area contributed by atoms with E-state index in [2.05, 4.69) is 4.72 Å². The second kappa shape index (κ2) is 14.8. The van der Waals surface area contributed by atoms with Crippen LogP contribution in [0.2, 0.25) is 10.0 Å². The fraction of sp³-hybridized carbons (Fsp3) is 0.176. The lowest BCUT2D eigenvalue weighted by Crippen LogP contribution is -2.45. The molecule has 0 heterocycles. The summed E-state index contributed by atoms with van der Waals surface area (Å²) in [5.41, 5.74) is -0.0602. The first-order chi connectivity index (χ1) is 21.5. The average Bonchev–Trinajstić information content (AvgIpc) is 3.05. The lowest BCUT2D eigenvalue weighted by molar-refractivity contribution is -0.176. The first kappa shape index (κ1) is 33.7. The van der Waals surface area contributed by atoms with E-state index in [0.29, 0.717) is 21.2 Å². The summed E-state index contributed by atoms with van der Waals surface area (Å²) in [4.78, 5) is 27.2. The fourth-order valence-corrected chi connectivity index (χ4v) is 6.04. The Kier molecular flexibility index (Phi) is 11.1. The standard InChI is InChI=1S/C34H31Cl2NO7S/c1-23-9-19-29(20-10-23)45(40,41)37-31(32(38)42-2)21-30(25-11-15-27(35)16-12-25)34(33(39)43-3,26-13-17-28(36)18-14-26)44-22-24-7-5-4-6-8-24/h4-21,30,37H,22H2,1-3H3/b31-21-. The maximum Gasteiger partial charge on any atom is 0.354 e. The number of aryl methyl sites for hydroxylation is 1. The van der Waals surface area contributed by atoms with Gasteiger partial charge in [0.2, 0.25) is 5.60 Å². The van der Waals surface area contributed by atoms with E-state index in [1.807, 2.05) is 37.3 Å². The molecule has 0 fully saturated rings. The Labute approximate surface area is 272 Å².